The lowest BCUT2D eigenvalue weighted by Gasteiger charge is -2.25. The van der Waals surface area contributed by atoms with E-state index in [-0.39, 0.29) is 18.0 Å². The Labute approximate surface area is 98.8 Å². The van der Waals surface area contributed by atoms with E-state index in [9.17, 15) is 9.18 Å². The maximum absolute atomic E-state index is 13.4. The molecular formula is C12H15FN2O2. The molecule has 1 atom stereocenters. The van der Waals surface area contributed by atoms with Gasteiger partial charge in [0.1, 0.15) is 5.82 Å². The summed E-state index contributed by atoms with van der Waals surface area (Å²) in [6.07, 6.45) is -0.278. The molecule has 1 aliphatic heterocycles. The second kappa shape index (κ2) is 5.25. The Morgan fingerprint density at radius 2 is 2.29 bits per heavy atom. The Hall–Kier alpha value is -1.46. The highest BCUT2D eigenvalue weighted by Gasteiger charge is 2.16. The minimum absolute atomic E-state index is 0.122. The average molecular weight is 238 g/mol. The number of halogens is 1. The van der Waals surface area contributed by atoms with Crippen molar-refractivity contribution in [1.29, 1.82) is 0 Å². The predicted octanol–water partition coefficient (Wildman–Crippen LogP) is 0.687. The van der Waals surface area contributed by atoms with Crippen molar-refractivity contribution in [2.24, 2.45) is 0 Å². The third kappa shape index (κ3) is 3.01. The Kier molecular flexibility index (Phi) is 3.71. The Balaban J connectivity index is 2.20. The quantitative estimate of drug-likeness (QED) is 0.725. The summed E-state index contributed by atoms with van der Waals surface area (Å²) in [6.45, 7) is 2.55. The van der Waals surface area contributed by atoms with Crippen molar-refractivity contribution < 1.29 is 14.3 Å². The number of rotatable bonds is 3. The van der Waals surface area contributed by atoms with E-state index >= 15 is 0 Å². The lowest BCUT2D eigenvalue weighted by atomic mass is 10.0. The van der Waals surface area contributed by atoms with Crippen molar-refractivity contribution in [3.8, 4) is 0 Å². The van der Waals surface area contributed by atoms with Gasteiger partial charge >= 0.3 is 5.97 Å². The third-order valence-corrected chi connectivity index (χ3v) is 2.85. The zero-order valence-electron chi connectivity index (χ0n) is 9.37. The van der Waals surface area contributed by atoms with Crippen molar-refractivity contribution in [2.45, 2.75) is 12.5 Å². The topological polar surface area (TPSA) is 61.4 Å². The van der Waals surface area contributed by atoms with Gasteiger partial charge in [-0.1, -0.05) is 12.1 Å². The number of piperazine rings is 1. The molecule has 1 unspecified atom stereocenters. The molecule has 5 heteroatoms. The molecular weight excluding hydrogens is 223 g/mol. The Morgan fingerprint density at radius 3 is 2.94 bits per heavy atom. The lowest BCUT2D eigenvalue weighted by Crippen LogP contribution is -2.42. The molecule has 1 fully saturated rings. The highest BCUT2D eigenvalue weighted by molar-refractivity contribution is 5.70. The van der Waals surface area contributed by atoms with E-state index in [1.165, 1.54) is 6.07 Å². The molecule has 0 aliphatic carbocycles. The first-order valence-corrected chi connectivity index (χ1v) is 5.61. The molecule has 1 aromatic rings. The molecule has 0 spiro atoms. The fourth-order valence-corrected chi connectivity index (χ4v) is 2.00. The normalized spacial score (nSPS) is 20.2. The van der Waals surface area contributed by atoms with Crippen LogP contribution in [0.4, 0.5) is 4.39 Å². The summed E-state index contributed by atoms with van der Waals surface area (Å²) in [5, 5.41) is 15.2. The first-order valence-electron chi connectivity index (χ1n) is 5.61. The average Bonchev–Trinajstić information content (AvgIpc) is 2.32. The molecule has 1 aromatic carbocycles. The van der Waals surface area contributed by atoms with Crippen LogP contribution in [0, 0.1) is 5.82 Å². The maximum Gasteiger partial charge on any atom is 0.307 e. The summed E-state index contributed by atoms with van der Waals surface area (Å²) >= 11 is 0. The molecule has 0 saturated carbocycles. The molecule has 1 aliphatic rings. The molecule has 17 heavy (non-hydrogen) atoms. The molecule has 0 bridgehead atoms. The molecule has 3 N–H and O–H groups in total. The van der Waals surface area contributed by atoms with Gasteiger partial charge in [-0.2, -0.15) is 0 Å². The number of carboxylic acid groups (broad SMARTS) is 1. The van der Waals surface area contributed by atoms with E-state index in [4.69, 9.17) is 5.11 Å². The largest absolute Gasteiger partial charge is 0.481 e. The van der Waals surface area contributed by atoms with Gasteiger partial charge in [0, 0.05) is 25.7 Å². The van der Waals surface area contributed by atoms with Crippen molar-refractivity contribution in [2.75, 3.05) is 19.6 Å². The second-order valence-electron chi connectivity index (χ2n) is 4.13. The minimum Gasteiger partial charge on any atom is -0.481 e. The summed E-state index contributed by atoms with van der Waals surface area (Å²) in [5.41, 5.74) is 1.16. The number of hydrogen-bond donors (Lipinski definition) is 3. The summed E-state index contributed by atoms with van der Waals surface area (Å²) in [6, 6.07) is 4.79. The first kappa shape index (κ1) is 12.0. The van der Waals surface area contributed by atoms with Crippen LogP contribution in [-0.2, 0) is 11.2 Å². The molecule has 0 aromatic heterocycles. The van der Waals surface area contributed by atoms with Gasteiger partial charge < -0.3 is 15.7 Å². The molecule has 1 saturated heterocycles. The number of carboxylic acids is 1. The van der Waals surface area contributed by atoms with Crippen LogP contribution in [0.5, 0.6) is 0 Å². The monoisotopic (exact) mass is 238 g/mol. The smallest absolute Gasteiger partial charge is 0.307 e. The number of hydrogen-bond acceptors (Lipinski definition) is 3. The van der Waals surface area contributed by atoms with Crippen LogP contribution < -0.4 is 10.6 Å². The second-order valence-corrected chi connectivity index (χ2v) is 4.13. The molecule has 92 valence electrons. The maximum atomic E-state index is 13.4. The standard InChI is InChI=1S/C12H15FN2O2/c13-10-2-1-8(5-9(10)6-12(16)17)11-7-14-3-4-15-11/h1-2,5,11,14-15H,3-4,6-7H2,(H,16,17). The number of nitrogens with one attached hydrogen (secondary N) is 2. The Bertz CT molecular complexity index is 417. The van der Waals surface area contributed by atoms with Crippen LogP contribution >= 0.6 is 0 Å². The van der Waals surface area contributed by atoms with Gasteiger partial charge in [0.25, 0.3) is 0 Å². The number of benzene rings is 1. The zero-order chi connectivity index (χ0) is 12.3. The lowest BCUT2D eigenvalue weighted by molar-refractivity contribution is -0.136. The van der Waals surface area contributed by atoms with Gasteiger partial charge in [0.05, 0.1) is 6.42 Å². The van der Waals surface area contributed by atoms with Crippen LogP contribution in [0.3, 0.4) is 0 Å². The first-order chi connectivity index (χ1) is 8.16. The van der Waals surface area contributed by atoms with Crippen LogP contribution in [0.2, 0.25) is 0 Å². The zero-order valence-corrected chi connectivity index (χ0v) is 9.37. The predicted molar refractivity (Wildman–Crippen MR) is 61.4 cm³/mol. The van der Waals surface area contributed by atoms with Crippen LogP contribution in [0.1, 0.15) is 17.2 Å². The van der Waals surface area contributed by atoms with Crippen LogP contribution in [0.15, 0.2) is 18.2 Å². The molecule has 0 amide bonds. The molecule has 1 heterocycles. The van der Waals surface area contributed by atoms with Crippen LogP contribution in [0.25, 0.3) is 0 Å². The van der Waals surface area contributed by atoms with Gasteiger partial charge in [-0.25, -0.2) is 4.39 Å². The summed E-state index contributed by atoms with van der Waals surface area (Å²) in [5.74, 6) is -1.48. The van der Waals surface area contributed by atoms with Crippen molar-refractivity contribution in [1.82, 2.24) is 10.6 Å². The van der Waals surface area contributed by atoms with Gasteiger partial charge in [0.2, 0.25) is 0 Å². The minimum atomic E-state index is -1.02. The third-order valence-electron chi connectivity index (χ3n) is 2.85. The van der Waals surface area contributed by atoms with Gasteiger partial charge in [-0.3, -0.25) is 4.79 Å². The van der Waals surface area contributed by atoms with E-state index < -0.39 is 11.8 Å². The highest BCUT2D eigenvalue weighted by atomic mass is 19.1. The van der Waals surface area contributed by atoms with E-state index in [0.29, 0.717) is 0 Å². The van der Waals surface area contributed by atoms with Crippen molar-refractivity contribution in [3.63, 3.8) is 0 Å². The number of aliphatic carboxylic acids is 1. The van der Waals surface area contributed by atoms with E-state index in [0.717, 1.165) is 25.2 Å². The van der Waals surface area contributed by atoms with Gasteiger partial charge in [-0.15, -0.1) is 0 Å². The molecule has 2 rings (SSSR count). The molecule has 0 radical (unpaired) electrons. The highest BCUT2D eigenvalue weighted by Crippen LogP contribution is 2.18. The number of carbonyl (C=O) groups is 1. The fraction of sp³-hybridized carbons (Fsp3) is 0.417. The van der Waals surface area contributed by atoms with E-state index in [1.807, 2.05) is 0 Å². The summed E-state index contributed by atoms with van der Waals surface area (Å²) in [4.78, 5) is 10.6. The SMILES string of the molecule is O=C(O)Cc1cc(C2CNCCN2)ccc1F. The Morgan fingerprint density at radius 1 is 1.47 bits per heavy atom. The summed E-state index contributed by atoms with van der Waals surface area (Å²) in [7, 11) is 0. The van der Waals surface area contributed by atoms with Crippen molar-refractivity contribution >= 4 is 5.97 Å². The van der Waals surface area contributed by atoms with Gasteiger partial charge in [-0.05, 0) is 17.2 Å². The van der Waals surface area contributed by atoms with E-state index in [2.05, 4.69) is 10.6 Å². The van der Waals surface area contributed by atoms with Crippen LogP contribution in [-0.4, -0.2) is 30.7 Å². The fourth-order valence-electron chi connectivity index (χ4n) is 2.00. The summed E-state index contributed by atoms with van der Waals surface area (Å²) < 4.78 is 13.4. The van der Waals surface area contributed by atoms with Gasteiger partial charge in [0.15, 0.2) is 0 Å². The van der Waals surface area contributed by atoms with Crippen molar-refractivity contribution in [3.05, 3.63) is 35.1 Å². The molecule has 4 nitrogen and oxygen atoms in total. The van der Waals surface area contributed by atoms with E-state index in [1.54, 1.807) is 12.1 Å².